The van der Waals surface area contributed by atoms with E-state index < -0.39 is 11.6 Å². The maximum atomic E-state index is 13.8. The number of piperazine rings is 1. The third-order valence-corrected chi connectivity index (χ3v) is 4.16. The van der Waals surface area contributed by atoms with Gasteiger partial charge in [-0.05, 0) is 13.0 Å². The first kappa shape index (κ1) is 16.0. The first-order chi connectivity index (χ1) is 11.0. The van der Waals surface area contributed by atoms with Gasteiger partial charge < -0.3 is 4.42 Å². The summed E-state index contributed by atoms with van der Waals surface area (Å²) in [5, 5.41) is 7.85. The van der Waals surface area contributed by atoms with Crippen molar-refractivity contribution in [1.82, 2.24) is 20.0 Å². The average molecular weight is 322 g/mol. The molecule has 2 aromatic rings. The molecule has 1 atom stereocenters. The van der Waals surface area contributed by atoms with E-state index in [1.54, 1.807) is 6.92 Å². The summed E-state index contributed by atoms with van der Waals surface area (Å²) in [7, 11) is 0. The molecule has 1 aliphatic heterocycles. The van der Waals surface area contributed by atoms with Crippen LogP contribution < -0.4 is 0 Å². The number of hydrogen-bond acceptors (Lipinski definition) is 5. The highest BCUT2D eigenvalue weighted by molar-refractivity contribution is 5.18. The van der Waals surface area contributed by atoms with E-state index in [1.807, 2.05) is 0 Å². The molecule has 0 N–H and O–H groups in total. The number of benzene rings is 1. The summed E-state index contributed by atoms with van der Waals surface area (Å²) < 4.78 is 32.2. The molecule has 1 unspecified atom stereocenters. The Morgan fingerprint density at radius 1 is 1.22 bits per heavy atom. The molecule has 7 heteroatoms. The molecule has 3 rings (SSSR count). The normalized spacial score (nSPS) is 20.1. The number of aryl methyl sites for hydroxylation is 1. The Morgan fingerprint density at radius 2 is 2.04 bits per heavy atom. The van der Waals surface area contributed by atoms with Crippen molar-refractivity contribution in [2.45, 2.75) is 33.0 Å². The van der Waals surface area contributed by atoms with Crippen LogP contribution in [0.15, 0.2) is 22.6 Å². The number of hydrogen-bond donors (Lipinski definition) is 0. The summed E-state index contributed by atoms with van der Waals surface area (Å²) in [6, 6.07) is 4.02. The molecule has 1 saturated heterocycles. The largest absolute Gasteiger partial charge is 0.424 e. The van der Waals surface area contributed by atoms with Gasteiger partial charge in [0.05, 0.1) is 6.54 Å². The Hall–Kier alpha value is -1.86. The van der Waals surface area contributed by atoms with Gasteiger partial charge in [-0.15, -0.1) is 10.2 Å². The summed E-state index contributed by atoms with van der Waals surface area (Å²) in [5.41, 5.74) is 0.527. The predicted octanol–water partition coefficient (Wildman–Crippen LogP) is 2.36. The van der Waals surface area contributed by atoms with Crippen LogP contribution >= 0.6 is 0 Å². The highest BCUT2D eigenvalue weighted by Gasteiger charge is 2.25. The van der Waals surface area contributed by atoms with Crippen LogP contribution in [0.2, 0.25) is 0 Å². The standard InChI is InChI=1S/C16H20F2N4O/c1-11-8-21(10-16-20-19-12(2)23-16)5-6-22(11)9-13-3-4-14(17)7-15(13)18/h3-4,7,11H,5-6,8-10H2,1-2H3. The molecule has 1 aromatic carbocycles. The van der Waals surface area contributed by atoms with Gasteiger partial charge in [-0.3, -0.25) is 9.80 Å². The van der Waals surface area contributed by atoms with Gasteiger partial charge in [0.15, 0.2) is 0 Å². The molecule has 23 heavy (non-hydrogen) atoms. The minimum atomic E-state index is -0.543. The lowest BCUT2D eigenvalue weighted by Gasteiger charge is -2.39. The number of nitrogens with zero attached hydrogens (tertiary/aromatic N) is 4. The second-order valence-corrected chi connectivity index (χ2v) is 6.01. The fourth-order valence-electron chi connectivity index (χ4n) is 2.91. The highest BCUT2D eigenvalue weighted by atomic mass is 19.1. The maximum Gasteiger partial charge on any atom is 0.230 e. The third kappa shape index (κ3) is 3.92. The van der Waals surface area contributed by atoms with Crippen molar-refractivity contribution < 1.29 is 13.2 Å². The van der Waals surface area contributed by atoms with E-state index in [4.69, 9.17) is 4.42 Å². The number of aromatic nitrogens is 2. The minimum absolute atomic E-state index is 0.261. The fourth-order valence-corrected chi connectivity index (χ4v) is 2.91. The van der Waals surface area contributed by atoms with Crippen LogP contribution in [0, 0.1) is 18.6 Å². The van der Waals surface area contributed by atoms with Crippen molar-refractivity contribution in [1.29, 1.82) is 0 Å². The van der Waals surface area contributed by atoms with Gasteiger partial charge >= 0.3 is 0 Å². The Balaban J connectivity index is 1.58. The molecular weight excluding hydrogens is 302 g/mol. The van der Waals surface area contributed by atoms with E-state index in [0.29, 0.717) is 30.4 Å². The molecule has 1 aliphatic rings. The van der Waals surface area contributed by atoms with Crippen molar-refractivity contribution in [3.05, 3.63) is 47.2 Å². The fraction of sp³-hybridized carbons (Fsp3) is 0.500. The van der Waals surface area contributed by atoms with Gasteiger partial charge in [-0.25, -0.2) is 8.78 Å². The number of rotatable bonds is 4. The molecule has 0 aliphatic carbocycles. The first-order valence-electron chi connectivity index (χ1n) is 7.70. The van der Waals surface area contributed by atoms with Crippen LogP contribution in [0.25, 0.3) is 0 Å². The van der Waals surface area contributed by atoms with Crippen LogP contribution in [-0.2, 0) is 13.1 Å². The van der Waals surface area contributed by atoms with Crippen LogP contribution in [-0.4, -0.2) is 45.7 Å². The molecule has 0 bridgehead atoms. The summed E-state index contributed by atoms with van der Waals surface area (Å²) in [4.78, 5) is 4.45. The van der Waals surface area contributed by atoms with Gasteiger partial charge in [0, 0.05) is 50.8 Å². The minimum Gasteiger partial charge on any atom is -0.424 e. The zero-order valence-electron chi connectivity index (χ0n) is 13.3. The Labute approximate surface area is 133 Å². The van der Waals surface area contributed by atoms with E-state index in [1.165, 1.54) is 12.1 Å². The van der Waals surface area contributed by atoms with Crippen LogP contribution in [0.3, 0.4) is 0 Å². The molecule has 0 amide bonds. The van der Waals surface area contributed by atoms with Gasteiger partial charge in [-0.2, -0.15) is 0 Å². The zero-order valence-corrected chi connectivity index (χ0v) is 13.3. The Kier molecular flexibility index (Phi) is 4.68. The monoisotopic (exact) mass is 322 g/mol. The summed E-state index contributed by atoms with van der Waals surface area (Å²) in [6.07, 6.45) is 0. The van der Waals surface area contributed by atoms with Gasteiger partial charge in [0.1, 0.15) is 11.6 Å². The van der Waals surface area contributed by atoms with Gasteiger partial charge in [-0.1, -0.05) is 6.07 Å². The van der Waals surface area contributed by atoms with Crippen LogP contribution in [0.5, 0.6) is 0 Å². The Bertz CT molecular complexity index is 676. The Morgan fingerprint density at radius 3 is 2.70 bits per heavy atom. The quantitative estimate of drug-likeness (QED) is 0.865. The van der Waals surface area contributed by atoms with Crippen LogP contribution in [0.4, 0.5) is 8.78 Å². The van der Waals surface area contributed by atoms with Crippen molar-refractivity contribution in [3.8, 4) is 0 Å². The second-order valence-electron chi connectivity index (χ2n) is 6.01. The SMILES string of the molecule is Cc1nnc(CN2CCN(Cc3ccc(F)cc3F)C(C)C2)o1. The van der Waals surface area contributed by atoms with Crippen molar-refractivity contribution >= 4 is 0 Å². The van der Waals surface area contributed by atoms with Crippen molar-refractivity contribution in [3.63, 3.8) is 0 Å². The zero-order chi connectivity index (χ0) is 16.4. The molecule has 0 radical (unpaired) electrons. The molecule has 2 heterocycles. The van der Waals surface area contributed by atoms with Crippen molar-refractivity contribution in [2.75, 3.05) is 19.6 Å². The van der Waals surface area contributed by atoms with Crippen LogP contribution in [0.1, 0.15) is 24.3 Å². The second kappa shape index (κ2) is 6.72. The maximum absolute atomic E-state index is 13.8. The smallest absolute Gasteiger partial charge is 0.230 e. The van der Waals surface area contributed by atoms with E-state index >= 15 is 0 Å². The lowest BCUT2D eigenvalue weighted by atomic mass is 10.1. The number of halogens is 2. The lowest BCUT2D eigenvalue weighted by molar-refractivity contribution is 0.0672. The molecule has 5 nitrogen and oxygen atoms in total. The molecule has 1 aromatic heterocycles. The molecule has 0 saturated carbocycles. The van der Waals surface area contributed by atoms with E-state index in [-0.39, 0.29) is 6.04 Å². The summed E-state index contributed by atoms with van der Waals surface area (Å²) in [6.45, 7) is 7.48. The van der Waals surface area contributed by atoms with E-state index in [9.17, 15) is 8.78 Å². The molecule has 1 fully saturated rings. The summed E-state index contributed by atoms with van der Waals surface area (Å²) >= 11 is 0. The van der Waals surface area contributed by atoms with Gasteiger partial charge in [0.2, 0.25) is 11.8 Å². The van der Waals surface area contributed by atoms with E-state index in [2.05, 4.69) is 26.9 Å². The predicted molar refractivity (Wildman–Crippen MR) is 80.5 cm³/mol. The molecular formula is C16H20F2N4O. The van der Waals surface area contributed by atoms with Gasteiger partial charge in [0.25, 0.3) is 0 Å². The average Bonchev–Trinajstić information content (AvgIpc) is 2.89. The molecule has 0 spiro atoms. The first-order valence-corrected chi connectivity index (χ1v) is 7.70. The topological polar surface area (TPSA) is 45.4 Å². The highest BCUT2D eigenvalue weighted by Crippen LogP contribution is 2.18. The molecule has 124 valence electrons. The van der Waals surface area contributed by atoms with Crippen molar-refractivity contribution in [2.24, 2.45) is 0 Å². The summed E-state index contributed by atoms with van der Waals surface area (Å²) in [5.74, 6) is 0.158. The van der Waals surface area contributed by atoms with E-state index in [0.717, 1.165) is 25.7 Å². The third-order valence-electron chi connectivity index (χ3n) is 4.16. The lowest BCUT2D eigenvalue weighted by Crippen LogP contribution is -2.51.